The zero-order chi connectivity index (χ0) is 14.9. The molecule has 0 N–H and O–H groups in total. The van der Waals surface area contributed by atoms with Crippen LogP contribution < -0.4 is 4.74 Å². The van der Waals surface area contributed by atoms with Gasteiger partial charge in [-0.25, -0.2) is 0 Å². The lowest BCUT2D eigenvalue weighted by atomic mass is 10.1. The Hall–Kier alpha value is -1.83. The summed E-state index contributed by atoms with van der Waals surface area (Å²) in [6.45, 7) is 2.21. The van der Waals surface area contributed by atoms with Gasteiger partial charge in [0.25, 0.3) is 0 Å². The van der Waals surface area contributed by atoms with Crippen molar-refractivity contribution in [3.63, 3.8) is 0 Å². The van der Waals surface area contributed by atoms with Crippen LogP contribution in [0.2, 0.25) is 0 Å². The van der Waals surface area contributed by atoms with Crippen molar-refractivity contribution >= 4 is 16.7 Å². The molecule has 0 saturated heterocycles. The molecule has 0 saturated carbocycles. The van der Waals surface area contributed by atoms with Crippen molar-refractivity contribution in [2.24, 2.45) is 0 Å². The van der Waals surface area contributed by atoms with E-state index < -0.39 is 0 Å². The zero-order valence-corrected chi connectivity index (χ0v) is 12.7. The highest BCUT2D eigenvalue weighted by Crippen LogP contribution is 2.25. The molecule has 0 amide bonds. The van der Waals surface area contributed by atoms with E-state index in [9.17, 15) is 4.79 Å². The van der Waals surface area contributed by atoms with Crippen molar-refractivity contribution in [2.75, 3.05) is 0 Å². The van der Waals surface area contributed by atoms with Crippen LogP contribution >= 0.6 is 0 Å². The lowest BCUT2D eigenvalue weighted by Gasteiger charge is -2.07. The molecule has 0 aliphatic carbocycles. The lowest BCUT2D eigenvalue weighted by Crippen LogP contribution is -2.07. The van der Waals surface area contributed by atoms with Gasteiger partial charge in [-0.2, -0.15) is 0 Å². The number of hydrogen-bond acceptors (Lipinski definition) is 2. The highest BCUT2D eigenvalue weighted by molar-refractivity contribution is 5.89. The van der Waals surface area contributed by atoms with Gasteiger partial charge < -0.3 is 4.74 Å². The van der Waals surface area contributed by atoms with Crippen LogP contribution in [0.15, 0.2) is 36.4 Å². The van der Waals surface area contributed by atoms with Gasteiger partial charge in [-0.15, -0.1) is 0 Å². The summed E-state index contributed by atoms with van der Waals surface area (Å²) in [5.74, 6) is 0.502. The van der Waals surface area contributed by atoms with Gasteiger partial charge in [-0.05, 0) is 23.9 Å². The van der Waals surface area contributed by atoms with Crippen molar-refractivity contribution in [1.82, 2.24) is 0 Å². The highest BCUT2D eigenvalue weighted by atomic mass is 16.5. The Morgan fingerprint density at radius 3 is 2.67 bits per heavy atom. The minimum absolute atomic E-state index is 0.137. The van der Waals surface area contributed by atoms with Gasteiger partial charge in [0.2, 0.25) is 0 Å². The van der Waals surface area contributed by atoms with Crippen molar-refractivity contribution in [3.05, 3.63) is 42.5 Å². The molecule has 2 heteroatoms. The van der Waals surface area contributed by atoms with Crippen LogP contribution in [0.5, 0.6) is 5.75 Å². The van der Waals surface area contributed by atoms with E-state index in [1.54, 1.807) is 6.07 Å². The molecular formula is C19H23O2. The maximum atomic E-state index is 11.9. The highest BCUT2D eigenvalue weighted by Gasteiger charge is 2.07. The fraction of sp³-hybridized carbons (Fsp3) is 0.421. The Morgan fingerprint density at radius 1 is 1.05 bits per heavy atom. The lowest BCUT2D eigenvalue weighted by molar-refractivity contribution is -0.134. The smallest absolute Gasteiger partial charge is 0.311 e. The summed E-state index contributed by atoms with van der Waals surface area (Å²) < 4.78 is 5.50. The number of unbranched alkanes of at least 4 members (excludes halogenated alkanes) is 5. The van der Waals surface area contributed by atoms with Crippen LogP contribution in [-0.2, 0) is 4.79 Å². The molecule has 0 heterocycles. The molecule has 0 spiro atoms. The summed E-state index contributed by atoms with van der Waals surface area (Å²) in [7, 11) is 0. The quantitative estimate of drug-likeness (QED) is 0.373. The van der Waals surface area contributed by atoms with Crippen molar-refractivity contribution in [2.45, 2.75) is 51.9 Å². The first-order valence-electron chi connectivity index (χ1n) is 7.91. The van der Waals surface area contributed by atoms with E-state index in [4.69, 9.17) is 4.74 Å². The number of carbonyl (C=O) groups is 1. The van der Waals surface area contributed by atoms with Gasteiger partial charge in [-0.1, -0.05) is 69.4 Å². The number of benzene rings is 2. The molecule has 0 fully saturated rings. The third-order valence-electron chi connectivity index (χ3n) is 3.62. The molecule has 0 aliphatic heterocycles. The van der Waals surface area contributed by atoms with Gasteiger partial charge in [0.15, 0.2) is 0 Å². The van der Waals surface area contributed by atoms with Crippen LogP contribution in [0.1, 0.15) is 51.9 Å². The SMILES string of the molecule is CCCCCCCCC(=O)Oc1cc[c]c2ccccc12. The molecule has 2 rings (SSSR count). The minimum atomic E-state index is -0.137. The van der Waals surface area contributed by atoms with E-state index in [1.165, 1.54) is 25.7 Å². The van der Waals surface area contributed by atoms with Crippen LogP contribution in [-0.4, -0.2) is 5.97 Å². The molecule has 2 nitrogen and oxygen atoms in total. The van der Waals surface area contributed by atoms with Crippen molar-refractivity contribution in [3.8, 4) is 5.75 Å². The summed E-state index contributed by atoms with van der Waals surface area (Å²) in [4.78, 5) is 11.9. The molecule has 0 aromatic heterocycles. The van der Waals surface area contributed by atoms with Crippen LogP contribution in [0.4, 0.5) is 0 Å². The average Bonchev–Trinajstić information content (AvgIpc) is 2.51. The van der Waals surface area contributed by atoms with E-state index in [-0.39, 0.29) is 5.97 Å². The molecule has 2 aromatic rings. The number of ether oxygens (including phenoxy) is 1. The van der Waals surface area contributed by atoms with Gasteiger partial charge in [-0.3, -0.25) is 4.79 Å². The summed E-state index contributed by atoms with van der Waals surface area (Å²) in [5.41, 5.74) is 0. The van der Waals surface area contributed by atoms with E-state index in [2.05, 4.69) is 13.0 Å². The fourth-order valence-electron chi connectivity index (χ4n) is 2.43. The number of hydrogen-bond donors (Lipinski definition) is 0. The van der Waals surface area contributed by atoms with Crippen LogP contribution in [0.25, 0.3) is 10.8 Å². The molecule has 0 unspecified atom stereocenters. The molecule has 21 heavy (non-hydrogen) atoms. The maximum Gasteiger partial charge on any atom is 0.311 e. The Balaban J connectivity index is 1.82. The second-order valence-corrected chi connectivity index (χ2v) is 5.38. The van der Waals surface area contributed by atoms with E-state index in [0.29, 0.717) is 12.2 Å². The largest absolute Gasteiger partial charge is 0.426 e. The third kappa shape index (κ3) is 4.89. The molecule has 1 radical (unpaired) electrons. The molecule has 0 atom stereocenters. The fourth-order valence-corrected chi connectivity index (χ4v) is 2.43. The monoisotopic (exact) mass is 283 g/mol. The van der Waals surface area contributed by atoms with E-state index in [0.717, 1.165) is 23.6 Å². The average molecular weight is 283 g/mol. The van der Waals surface area contributed by atoms with Crippen molar-refractivity contribution < 1.29 is 9.53 Å². The maximum absolute atomic E-state index is 11.9. The summed E-state index contributed by atoms with van der Waals surface area (Å²) in [6.07, 6.45) is 7.54. The van der Waals surface area contributed by atoms with Crippen LogP contribution in [0.3, 0.4) is 0 Å². The topological polar surface area (TPSA) is 26.3 Å². The second kappa shape index (κ2) is 8.46. The predicted molar refractivity (Wildman–Crippen MR) is 86.4 cm³/mol. The Bertz CT molecular complexity index is 569. The van der Waals surface area contributed by atoms with Gasteiger partial charge in [0, 0.05) is 11.8 Å². The normalized spacial score (nSPS) is 10.7. The Morgan fingerprint density at radius 2 is 1.81 bits per heavy atom. The first-order valence-corrected chi connectivity index (χ1v) is 7.91. The molecule has 0 aliphatic rings. The summed E-state index contributed by atoms with van der Waals surface area (Å²) in [5, 5.41) is 1.92. The standard InChI is InChI=1S/C19H23O2/c1-2-3-4-5-6-7-15-19(20)21-18-14-10-12-16-11-8-9-13-17(16)18/h8-11,13-14H,2-7,15H2,1H3. The minimum Gasteiger partial charge on any atom is -0.426 e. The second-order valence-electron chi connectivity index (χ2n) is 5.38. The molecule has 0 bridgehead atoms. The molecule has 111 valence electrons. The first-order chi connectivity index (χ1) is 10.3. The third-order valence-corrected chi connectivity index (χ3v) is 3.62. The number of fused-ring (bicyclic) bond motifs is 1. The number of esters is 1. The number of rotatable bonds is 8. The Kier molecular flexibility index (Phi) is 6.26. The predicted octanol–water partition coefficient (Wildman–Crippen LogP) is 5.30. The van der Waals surface area contributed by atoms with Gasteiger partial charge >= 0.3 is 5.97 Å². The van der Waals surface area contributed by atoms with E-state index >= 15 is 0 Å². The van der Waals surface area contributed by atoms with Crippen LogP contribution in [0, 0.1) is 6.07 Å². The molecule has 2 aromatic carbocycles. The number of carbonyl (C=O) groups excluding carboxylic acids is 1. The first kappa shape index (κ1) is 15.6. The van der Waals surface area contributed by atoms with E-state index in [1.807, 2.05) is 30.3 Å². The summed E-state index contributed by atoms with van der Waals surface area (Å²) >= 11 is 0. The Labute approximate surface area is 127 Å². The van der Waals surface area contributed by atoms with Gasteiger partial charge in [0.1, 0.15) is 5.75 Å². The zero-order valence-electron chi connectivity index (χ0n) is 12.7. The van der Waals surface area contributed by atoms with Gasteiger partial charge in [0.05, 0.1) is 0 Å². The summed E-state index contributed by atoms with van der Waals surface area (Å²) in [6, 6.07) is 14.6. The molecular weight excluding hydrogens is 260 g/mol. The van der Waals surface area contributed by atoms with Crippen molar-refractivity contribution in [1.29, 1.82) is 0 Å².